The van der Waals surface area contributed by atoms with E-state index >= 15 is 0 Å². The van der Waals surface area contributed by atoms with Crippen LogP contribution in [0.2, 0.25) is 0 Å². The summed E-state index contributed by atoms with van der Waals surface area (Å²) in [5.74, 6) is 11.5. The Labute approximate surface area is 171 Å². The number of nitrogens with two attached hydrogens (primary N) is 2. The van der Waals surface area contributed by atoms with E-state index < -0.39 is 0 Å². The molecule has 0 unspecified atom stereocenters. The molecule has 2 aromatic heterocycles. The summed E-state index contributed by atoms with van der Waals surface area (Å²) in [5.41, 5.74) is 0.420. The molecule has 11 heteroatoms. The van der Waals surface area contributed by atoms with Crippen LogP contribution in [0.15, 0.2) is 45.1 Å². The zero-order valence-electron chi connectivity index (χ0n) is 16.9. The average Bonchev–Trinajstić information content (AvgIpc) is 2.68. The molecule has 0 aliphatic rings. The summed E-state index contributed by atoms with van der Waals surface area (Å²) in [5, 5.41) is 15.8. The quantitative estimate of drug-likeness (QED) is 0.455. The maximum atomic E-state index is 11.7. The number of hydrogen-bond acceptors (Lipinski definition) is 9. The molecule has 0 bridgehead atoms. The molecule has 0 amide bonds. The highest BCUT2D eigenvalue weighted by molar-refractivity contribution is 7.98. The third-order valence-electron chi connectivity index (χ3n) is 3.87. The van der Waals surface area contributed by atoms with E-state index in [-0.39, 0.29) is 22.2 Å². The molecule has 0 saturated heterocycles. The smallest absolute Gasteiger partial charge is 0.298 e. The van der Waals surface area contributed by atoms with Crippen LogP contribution in [-0.4, -0.2) is 36.0 Å². The molecule has 0 atom stereocenters. The number of aromatic nitrogens is 6. The van der Waals surface area contributed by atoms with Gasteiger partial charge in [-0.25, -0.2) is 4.68 Å². The molecular formula is C18H24N8O2S. The molecule has 1 aromatic carbocycles. The van der Waals surface area contributed by atoms with Crippen molar-refractivity contribution in [3.63, 3.8) is 0 Å². The summed E-state index contributed by atoms with van der Waals surface area (Å²) >= 11 is 1.29. The Morgan fingerprint density at radius 2 is 1.52 bits per heavy atom. The normalized spacial score (nSPS) is 10.9. The molecule has 0 fully saturated rings. The van der Waals surface area contributed by atoms with Gasteiger partial charge in [0.05, 0.1) is 0 Å². The van der Waals surface area contributed by atoms with E-state index in [1.165, 1.54) is 11.8 Å². The van der Waals surface area contributed by atoms with Crippen LogP contribution in [0.4, 0.5) is 0 Å². The minimum Gasteiger partial charge on any atom is -0.335 e. The van der Waals surface area contributed by atoms with E-state index in [9.17, 15) is 9.59 Å². The van der Waals surface area contributed by atoms with Gasteiger partial charge in [-0.2, -0.15) is 4.68 Å². The van der Waals surface area contributed by atoms with E-state index in [0.29, 0.717) is 22.2 Å². The van der Waals surface area contributed by atoms with Crippen LogP contribution in [0.1, 0.15) is 32.3 Å². The van der Waals surface area contributed by atoms with Gasteiger partial charge in [-0.05, 0) is 13.2 Å². The molecule has 3 rings (SSSR count). The van der Waals surface area contributed by atoms with Gasteiger partial charge in [0.25, 0.3) is 11.1 Å². The molecule has 10 nitrogen and oxygen atoms in total. The molecule has 0 aliphatic carbocycles. The molecule has 0 radical (unpaired) electrons. The van der Waals surface area contributed by atoms with Crippen LogP contribution >= 0.6 is 11.8 Å². The predicted molar refractivity (Wildman–Crippen MR) is 114 cm³/mol. The first-order chi connectivity index (χ1) is 13.6. The Bertz CT molecular complexity index is 1100. The minimum atomic E-state index is -0.339. The number of rotatable bonds is 2. The third kappa shape index (κ3) is 4.99. The fraction of sp³-hybridized carbons (Fsp3) is 0.333. The summed E-state index contributed by atoms with van der Waals surface area (Å²) in [6, 6.07) is 9.11. The van der Waals surface area contributed by atoms with Crippen LogP contribution < -0.4 is 22.8 Å². The van der Waals surface area contributed by atoms with Crippen LogP contribution in [-0.2, 0) is 5.41 Å². The van der Waals surface area contributed by atoms with E-state index in [0.717, 1.165) is 9.35 Å². The topological polar surface area (TPSA) is 148 Å². The van der Waals surface area contributed by atoms with Gasteiger partial charge < -0.3 is 11.7 Å². The second kappa shape index (κ2) is 8.86. The van der Waals surface area contributed by atoms with E-state index in [4.69, 9.17) is 11.7 Å². The van der Waals surface area contributed by atoms with Crippen molar-refractivity contribution in [2.24, 2.45) is 0 Å². The largest absolute Gasteiger partial charge is 0.335 e. The lowest BCUT2D eigenvalue weighted by atomic mass is 9.93. The summed E-state index contributed by atoms with van der Waals surface area (Å²) in [6.45, 7) is 7.33. The summed E-state index contributed by atoms with van der Waals surface area (Å²) < 4.78 is 2.04. The molecule has 2 heterocycles. The zero-order chi connectivity index (χ0) is 21.8. The fourth-order valence-electron chi connectivity index (χ4n) is 2.25. The maximum absolute atomic E-state index is 11.7. The lowest BCUT2D eigenvalue weighted by molar-refractivity contribution is 0.520. The first kappa shape index (κ1) is 22.1. The van der Waals surface area contributed by atoms with Crippen LogP contribution in [0.5, 0.6) is 0 Å². The van der Waals surface area contributed by atoms with Gasteiger partial charge in [0, 0.05) is 11.0 Å². The zero-order valence-corrected chi connectivity index (χ0v) is 17.8. The minimum absolute atomic E-state index is 0.267. The maximum Gasteiger partial charge on any atom is 0.298 e. The van der Waals surface area contributed by atoms with Crippen molar-refractivity contribution in [1.82, 2.24) is 29.7 Å². The average molecular weight is 417 g/mol. The van der Waals surface area contributed by atoms with Crippen LogP contribution in [0.25, 0.3) is 11.3 Å². The van der Waals surface area contributed by atoms with Crippen molar-refractivity contribution in [1.29, 1.82) is 0 Å². The Kier molecular flexibility index (Phi) is 6.75. The number of benzene rings is 1. The number of aryl methyl sites for hydroxylation is 1. The molecule has 4 N–H and O–H groups in total. The second-order valence-corrected chi connectivity index (χ2v) is 7.87. The van der Waals surface area contributed by atoms with Crippen molar-refractivity contribution in [3.05, 3.63) is 62.6 Å². The van der Waals surface area contributed by atoms with E-state index in [1.807, 2.05) is 39.0 Å². The van der Waals surface area contributed by atoms with Gasteiger partial charge in [-0.3, -0.25) is 9.59 Å². The van der Waals surface area contributed by atoms with Gasteiger partial charge in [0.15, 0.2) is 11.5 Å². The lowest BCUT2D eigenvalue weighted by Gasteiger charge is -2.16. The Morgan fingerprint density at radius 1 is 0.897 bits per heavy atom. The van der Waals surface area contributed by atoms with Gasteiger partial charge >= 0.3 is 0 Å². The SMILES string of the molecule is CSc1nnc(C(C)(C)C)c(=O)n1N.Cc1nnc(-c2ccccc2)c(=O)n1N. The lowest BCUT2D eigenvalue weighted by Crippen LogP contribution is -2.37. The van der Waals surface area contributed by atoms with Crippen molar-refractivity contribution >= 4 is 11.8 Å². The van der Waals surface area contributed by atoms with Crippen molar-refractivity contribution in [2.45, 2.75) is 38.3 Å². The van der Waals surface area contributed by atoms with E-state index in [2.05, 4.69) is 20.4 Å². The molecule has 29 heavy (non-hydrogen) atoms. The fourth-order valence-corrected chi connectivity index (χ4v) is 2.65. The van der Waals surface area contributed by atoms with Crippen LogP contribution in [0.3, 0.4) is 0 Å². The first-order valence-corrected chi connectivity index (χ1v) is 9.86. The Balaban J connectivity index is 0.000000208. The highest BCUT2D eigenvalue weighted by Crippen LogP contribution is 2.16. The molecule has 0 saturated carbocycles. The van der Waals surface area contributed by atoms with Crippen LogP contribution in [0, 0.1) is 6.92 Å². The van der Waals surface area contributed by atoms with Crippen molar-refractivity contribution in [2.75, 3.05) is 17.9 Å². The number of nitrogens with zero attached hydrogens (tertiary/aromatic N) is 6. The summed E-state index contributed by atoms with van der Waals surface area (Å²) in [4.78, 5) is 23.4. The highest BCUT2D eigenvalue weighted by Gasteiger charge is 2.22. The summed E-state index contributed by atoms with van der Waals surface area (Å²) in [6.07, 6.45) is 1.80. The van der Waals surface area contributed by atoms with Gasteiger partial charge in [-0.1, -0.05) is 62.9 Å². The predicted octanol–water partition coefficient (Wildman–Crippen LogP) is 0.699. The summed E-state index contributed by atoms with van der Waals surface area (Å²) in [7, 11) is 0. The van der Waals surface area contributed by atoms with Gasteiger partial charge in [0.1, 0.15) is 5.69 Å². The number of nitrogen functional groups attached to an aromatic ring is 2. The third-order valence-corrected chi connectivity index (χ3v) is 4.51. The van der Waals surface area contributed by atoms with Gasteiger partial charge in [-0.15, -0.1) is 20.4 Å². The highest BCUT2D eigenvalue weighted by atomic mass is 32.2. The number of hydrogen-bond donors (Lipinski definition) is 2. The first-order valence-electron chi connectivity index (χ1n) is 8.64. The van der Waals surface area contributed by atoms with Gasteiger partial charge in [0.2, 0.25) is 5.16 Å². The van der Waals surface area contributed by atoms with Crippen molar-refractivity contribution in [3.8, 4) is 11.3 Å². The van der Waals surface area contributed by atoms with E-state index in [1.54, 1.807) is 25.3 Å². The second-order valence-electron chi connectivity index (χ2n) is 7.10. The van der Waals surface area contributed by atoms with Crippen molar-refractivity contribution < 1.29 is 0 Å². The standard InChI is InChI=1S/C10H10N4O.C8H14N4OS/c1-7-12-13-9(10(15)14(7)11)8-5-3-2-4-6-8;1-8(2,3)5-6(13)12(9)7(14-4)11-10-5/h2-6H,11H2,1H3;9H2,1-4H3. The molecular weight excluding hydrogens is 392 g/mol. The Morgan fingerprint density at radius 3 is 2.07 bits per heavy atom. The number of thioether (sulfide) groups is 1. The monoisotopic (exact) mass is 416 g/mol. The molecule has 3 aromatic rings. The molecule has 0 aliphatic heterocycles. The molecule has 154 valence electrons. The Hall–Kier alpha value is -3.21. The molecule has 0 spiro atoms.